The van der Waals surface area contributed by atoms with Crippen molar-refractivity contribution in [3.63, 3.8) is 0 Å². The van der Waals surface area contributed by atoms with Gasteiger partial charge in [0.05, 0.1) is 24.9 Å². The van der Waals surface area contributed by atoms with Crippen molar-refractivity contribution < 1.29 is 18.9 Å². The molecule has 0 N–H and O–H groups in total. The zero-order valence-corrected chi connectivity index (χ0v) is 11.4. The van der Waals surface area contributed by atoms with Crippen LogP contribution in [0.25, 0.3) is 0 Å². The van der Waals surface area contributed by atoms with Gasteiger partial charge < -0.3 is 18.9 Å². The van der Waals surface area contributed by atoms with Gasteiger partial charge in [0.25, 0.3) is 0 Å². The van der Waals surface area contributed by atoms with Gasteiger partial charge in [-0.05, 0) is 34.6 Å². The van der Waals surface area contributed by atoms with E-state index in [-0.39, 0.29) is 36.1 Å². The lowest BCUT2D eigenvalue weighted by molar-refractivity contribution is -0.107. The lowest BCUT2D eigenvalue weighted by Crippen LogP contribution is -2.38. The van der Waals surface area contributed by atoms with Crippen LogP contribution in [-0.4, -0.2) is 49.3 Å². The molecule has 100 valence electrons. The maximum absolute atomic E-state index is 5.96. The molecule has 0 unspecified atom stereocenters. The Morgan fingerprint density at radius 1 is 1.00 bits per heavy atom. The largest absolute Gasteiger partial charge is 0.370 e. The summed E-state index contributed by atoms with van der Waals surface area (Å²) >= 11 is 0. The Kier molecular flexibility index (Phi) is 3.78. The van der Waals surface area contributed by atoms with Crippen LogP contribution in [0, 0.1) is 0 Å². The standard InChI is InChI=1S/C13H24O4/c1-8(2)16-9-6-14-12-10(7-15-11(9)12)17-13(3,4)5/h8-12H,6-7H2,1-5H3/t9-,10+,11-,12-/m1/s1. The molecule has 0 aromatic rings. The second-order valence-electron chi connectivity index (χ2n) is 6.09. The van der Waals surface area contributed by atoms with E-state index < -0.39 is 0 Å². The van der Waals surface area contributed by atoms with Crippen LogP contribution in [-0.2, 0) is 18.9 Å². The summed E-state index contributed by atoms with van der Waals surface area (Å²) in [5.74, 6) is 0. The second kappa shape index (κ2) is 4.84. The maximum atomic E-state index is 5.96. The van der Waals surface area contributed by atoms with E-state index in [1.807, 2.05) is 13.8 Å². The first-order valence-corrected chi connectivity index (χ1v) is 6.43. The molecule has 0 aromatic heterocycles. The lowest BCUT2D eigenvalue weighted by Gasteiger charge is -2.26. The highest BCUT2D eigenvalue weighted by atomic mass is 16.6. The minimum Gasteiger partial charge on any atom is -0.370 e. The molecule has 2 aliphatic heterocycles. The Bertz CT molecular complexity index is 259. The lowest BCUT2D eigenvalue weighted by atomic mass is 10.1. The summed E-state index contributed by atoms with van der Waals surface area (Å²) in [7, 11) is 0. The van der Waals surface area contributed by atoms with E-state index in [0.29, 0.717) is 13.2 Å². The molecule has 0 amide bonds. The van der Waals surface area contributed by atoms with Crippen molar-refractivity contribution in [3.8, 4) is 0 Å². The first kappa shape index (κ1) is 13.3. The highest BCUT2D eigenvalue weighted by Gasteiger charge is 2.49. The molecule has 2 fully saturated rings. The summed E-state index contributed by atoms with van der Waals surface area (Å²) in [5.41, 5.74) is -0.163. The van der Waals surface area contributed by atoms with Gasteiger partial charge in [0.2, 0.25) is 0 Å². The van der Waals surface area contributed by atoms with Crippen LogP contribution in [0.4, 0.5) is 0 Å². The fourth-order valence-electron chi connectivity index (χ4n) is 2.45. The molecule has 2 aliphatic rings. The van der Waals surface area contributed by atoms with Crippen LogP contribution in [0.15, 0.2) is 0 Å². The van der Waals surface area contributed by atoms with Crippen molar-refractivity contribution in [3.05, 3.63) is 0 Å². The van der Waals surface area contributed by atoms with Crippen molar-refractivity contribution in [1.82, 2.24) is 0 Å². The van der Waals surface area contributed by atoms with Crippen molar-refractivity contribution in [2.45, 2.75) is 70.7 Å². The van der Waals surface area contributed by atoms with Gasteiger partial charge in [-0.1, -0.05) is 0 Å². The molecule has 0 radical (unpaired) electrons. The number of fused-ring (bicyclic) bond motifs is 1. The Labute approximate surface area is 104 Å². The first-order valence-electron chi connectivity index (χ1n) is 6.43. The molecule has 0 saturated carbocycles. The third kappa shape index (κ3) is 3.19. The summed E-state index contributed by atoms with van der Waals surface area (Å²) < 4.78 is 23.3. The third-order valence-electron chi connectivity index (χ3n) is 2.91. The molecular formula is C13H24O4. The number of ether oxygens (including phenoxy) is 4. The van der Waals surface area contributed by atoms with E-state index in [2.05, 4.69) is 20.8 Å². The zero-order valence-electron chi connectivity index (χ0n) is 11.4. The molecule has 17 heavy (non-hydrogen) atoms. The molecule has 2 heterocycles. The Hall–Kier alpha value is -0.160. The van der Waals surface area contributed by atoms with Crippen LogP contribution in [0.3, 0.4) is 0 Å². The van der Waals surface area contributed by atoms with Gasteiger partial charge in [-0.15, -0.1) is 0 Å². The third-order valence-corrected chi connectivity index (χ3v) is 2.91. The Balaban J connectivity index is 1.92. The average Bonchev–Trinajstić information content (AvgIpc) is 2.68. The quantitative estimate of drug-likeness (QED) is 0.758. The van der Waals surface area contributed by atoms with Crippen LogP contribution in [0.5, 0.6) is 0 Å². The Morgan fingerprint density at radius 3 is 2.06 bits per heavy atom. The topological polar surface area (TPSA) is 36.9 Å². The number of hydrogen-bond donors (Lipinski definition) is 0. The van der Waals surface area contributed by atoms with Crippen LogP contribution >= 0.6 is 0 Å². The predicted molar refractivity (Wildman–Crippen MR) is 64.1 cm³/mol. The molecule has 0 aliphatic carbocycles. The van der Waals surface area contributed by atoms with Gasteiger partial charge in [0, 0.05) is 0 Å². The molecule has 2 saturated heterocycles. The van der Waals surface area contributed by atoms with E-state index >= 15 is 0 Å². The van der Waals surface area contributed by atoms with Crippen molar-refractivity contribution in [1.29, 1.82) is 0 Å². The highest BCUT2D eigenvalue weighted by molar-refractivity contribution is 4.96. The van der Waals surface area contributed by atoms with E-state index in [1.54, 1.807) is 0 Å². The van der Waals surface area contributed by atoms with Crippen molar-refractivity contribution in [2.24, 2.45) is 0 Å². The maximum Gasteiger partial charge on any atom is 0.115 e. The average molecular weight is 244 g/mol. The van der Waals surface area contributed by atoms with E-state index in [4.69, 9.17) is 18.9 Å². The summed E-state index contributed by atoms with van der Waals surface area (Å²) in [6.07, 6.45) is 0.339. The first-order chi connectivity index (χ1) is 7.87. The monoisotopic (exact) mass is 244 g/mol. The van der Waals surface area contributed by atoms with Gasteiger partial charge in [-0.25, -0.2) is 0 Å². The summed E-state index contributed by atoms with van der Waals surface area (Å²) in [4.78, 5) is 0. The predicted octanol–water partition coefficient (Wildman–Crippen LogP) is 1.76. The minimum atomic E-state index is -0.163. The molecule has 4 atom stereocenters. The molecule has 4 nitrogen and oxygen atoms in total. The summed E-state index contributed by atoms with van der Waals surface area (Å²) in [6, 6.07) is 0. The summed E-state index contributed by atoms with van der Waals surface area (Å²) in [6.45, 7) is 11.4. The molecule has 0 aromatic carbocycles. The fraction of sp³-hybridized carbons (Fsp3) is 1.00. The number of rotatable bonds is 3. The number of hydrogen-bond acceptors (Lipinski definition) is 4. The Morgan fingerprint density at radius 2 is 1.53 bits per heavy atom. The highest BCUT2D eigenvalue weighted by Crippen LogP contribution is 2.32. The van der Waals surface area contributed by atoms with E-state index in [1.165, 1.54) is 0 Å². The van der Waals surface area contributed by atoms with E-state index in [0.717, 1.165) is 0 Å². The second-order valence-corrected chi connectivity index (χ2v) is 6.09. The normalized spacial score (nSPS) is 37.8. The van der Waals surface area contributed by atoms with E-state index in [9.17, 15) is 0 Å². The van der Waals surface area contributed by atoms with Crippen LogP contribution < -0.4 is 0 Å². The molecule has 2 rings (SSSR count). The van der Waals surface area contributed by atoms with Gasteiger partial charge in [0.1, 0.15) is 24.4 Å². The van der Waals surface area contributed by atoms with Gasteiger partial charge in [-0.3, -0.25) is 0 Å². The molecular weight excluding hydrogens is 220 g/mol. The van der Waals surface area contributed by atoms with Gasteiger partial charge in [0.15, 0.2) is 0 Å². The molecule has 4 heteroatoms. The van der Waals surface area contributed by atoms with Gasteiger partial charge >= 0.3 is 0 Å². The SMILES string of the molecule is CC(C)O[C@@H]1CO[C@H]2[C@@H]1OC[C@@H]2OC(C)(C)C. The van der Waals surface area contributed by atoms with Crippen LogP contribution in [0.1, 0.15) is 34.6 Å². The van der Waals surface area contributed by atoms with Crippen LogP contribution in [0.2, 0.25) is 0 Å². The van der Waals surface area contributed by atoms with Gasteiger partial charge in [-0.2, -0.15) is 0 Å². The minimum absolute atomic E-state index is 0.0259. The summed E-state index contributed by atoms with van der Waals surface area (Å²) in [5, 5.41) is 0. The zero-order chi connectivity index (χ0) is 12.6. The molecule has 0 spiro atoms. The van der Waals surface area contributed by atoms with Crippen molar-refractivity contribution in [2.75, 3.05) is 13.2 Å². The fourth-order valence-corrected chi connectivity index (χ4v) is 2.45. The molecule has 0 bridgehead atoms. The smallest absolute Gasteiger partial charge is 0.115 e. The van der Waals surface area contributed by atoms with Crippen molar-refractivity contribution >= 4 is 0 Å².